The van der Waals surface area contributed by atoms with E-state index in [2.05, 4.69) is 47.9 Å². The summed E-state index contributed by atoms with van der Waals surface area (Å²) < 4.78 is 6.64. The zero-order valence-corrected chi connectivity index (χ0v) is 11.3. The topological polar surface area (TPSA) is 9.23 Å². The lowest BCUT2D eigenvalue weighted by atomic mass is 10.2. The third kappa shape index (κ3) is 4.23. The van der Waals surface area contributed by atoms with E-state index < -0.39 is 0 Å². The zero-order chi connectivity index (χ0) is 11.8. The first-order valence-corrected chi connectivity index (χ1v) is 6.54. The van der Waals surface area contributed by atoms with E-state index in [0.717, 1.165) is 15.8 Å². The van der Waals surface area contributed by atoms with Crippen LogP contribution in [0.3, 0.4) is 0 Å². The summed E-state index contributed by atoms with van der Waals surface area (Å²) in [5, 5.41) is 0. The Balaban J connectivity index is 2.56. The monoisotopic (exact) mass is 326 g/mol. The maximum atomic E-state index is 5.62. The van der Waals surface area contributed by atoms with Crippen LogP contribution in [-0.4, -0.2) is 6.61 Å². The molecule has 0 atom stereocenters. The molecule has 0 N–H and O–H groups in total. The second kappa shape index (κ2) is 7.28. The predicted molar refractivity (Wildman–Crippen MR) is 78.1 cm³/mol. The molecule has 0 amide bonds. The average molecular weight is 326 g/mol. The third-order valence-corrected chi connectivity index (χ3v) is 2.96. The number of hydrogen-bond acceptors (Lipinski definition) is 1. The van der Waals surface area contributed by atoms with Crippen LogP contribution in [0.4, 0.5) is 0 Å². The largest absolute Gasteiger partial charge is 0.489 e. The van der Waals surface area contributed by atoms with Gasteiger partial charge in [0.15, 0.2) is 0 Å². The second-order valence-electron chi connectivity index (χ2n) is 3.25. The zero-order valence-electron chi connectivity index (χ0n) is 9.16. The van der Waals surface area contributed by atoms with Gasteiger partial charge < -0.3 is 4.74 Å². The van der Waals surface area contributed by atoms with E-state index in [4.69, 9.17) is 4.74 Å². The molecule has 0 radical (unpaired) electrons. The molecule has 0 heterocycles. The van der Waals surface area contributed by atoms with Gasteiger partial charge in [-0.2, -0.15) is 0 Å². The first kappa shape index (κ1) is 13.0. The van der Waals surface area contributed by atoms with Gasteiger partial charge in [-0.05, 0) is 23.3 Å². The number of allylic oxidation sites excluding steroid dienone is 2. The van der Waals surface area contributed by atoms with Gasteiger partial charge in [-0.3, -0.25) is 0 Å². The minimum Gasteiger partial charge on any atom is -0.489 e. The molecule has 0 saturated heterocycles. The van der Waals surface area contributed by atoms with Gasteiger partial charge >= 0.3 is 0 Å². The molecular weight excluding hydrogens is 311 g/mol. The summed E-state index contributed by atoms with van der Waals surface area (Å²) in [7, 11) is 0. The van der Waals surface area contributed by atoms with E-state index in [-0.39, 0.29) is 0 Å². The fraction of sp³-hybridized carbons (Fsp3) is 0.143. The highest BCUT2D eigenvalue weighted by atomic mass is 127. The molecule has 1 nitrogen and oxygen atoms in total. The minimum absolute atomic E-state index is 0.527. The SMILES string of the molecule is C=C/C=C(\C=C)COc1ccc(CI)cc1. The number of alkyl halides is 1. The molecule has 0 spiro atoms. The van der Waals surface area contributed by atoms with E-state index in [1.807, 2.05) is 18.2 Å². The van der Waals surface area contributed by atoms with Gasteiger partial charge in [-0.25, -0.2) is 0 Å². The lowest BCUT2D eigenvalue weighted by Gasteiger charge is -2.06. The molecule has 2 heteroatoms. The van der Waals surface area contributed by atoms with Gasteiger partial charge in [0.05, 0.1) is 0 Å². The molecule has 0 aliphatic heterocycles. The molecule has 16 heavy (non-hydrogen) atoms. The lowest BCUT2D eigenvalue weighted by molar-refractivity contribution is 0.355. The van der Waals surface area contributed by atoms with Crippen molar-refractivity contribution < 1.29 is 4.74 Å². The number of halogens is 1. The molecule has 0 aliphatic rings. The van der Waals surface area contributed by atoms with Crippen molar-refractivity contribution >= 4 is 22.6 Å². The number of hydrogen-bond donors (Lipinski definition) is 0. The highest BCUT2D eigenvalue weighted by Crippen LogP contribution is 2.15. The van der Waals surface area contributed by atoms with Crippen molar-refractivity contribution in [1.29, 1.82) is 0 Å². The van der Waals surface area contributed by atoms with Crippen molar-refractivity contribution in [3.63, 3.8) is 0 Å². The summed E-state index contributed by atoms with van der Waals surface area (Å²) in [5.74, 6) is 0.880. The van der Waals surface area contributed by atoms with Gasteiger partial charge in [0.1, 0.15) is 12.4 Å². The van der Waals surface area contributed by atoms with Crippen molar-refractivity contribution in [2.24, 2.45) is 0 Å². The second-order valence-corrected chi connectivity index (χ2v) is 4.01. The van der Waals surface area contributed by atoms with Crippen LogP contribution in [-0.2, 0) is 4.43 Å². The van der Waals surface area contributed by atoms with E-state index >= 15 is 0 Å². The minimum atomic E-state index is 0.527. The lowest BCUT2D eigenvalue weighted by Crippen LogP contribution is -1.99. The van der Waals surface area contributed by atoms with Crippen molar-refractivity contribution in [2.75, 3.05) is 6.61 Å². The van der Waals surface area contributed by atoms with Crippen molar-refractivity contribution in [1.82, 2.24) is 0 Å². The normalized spacial score (nSPS) is 10.9. The molecule has 1 rings (SSSR count). The Morgan fingerprint density at radius 2 is 1.94 bits per heavy atom. The van der Waals surface area contributed by atoms with Crippen LogP contribution in [0.5, 0.6) is 5.75 Å². The van der Waals surface area contributed by atoms with Gasteiger partial charge in [-0.15, -0.1) is 0 Å². The fourth-order valence-electron chi connectivity index (χ4n) is 1.17. The van der Waals surface area contributed by atoms with Crippen LogP contribution >= 0.6 is 22.6 Å². The molecule has 0 unspecified atom stereocenters. The first-order valence-electron chi connectivity index (χ1n) is 5.02. The molecule has 0 aliphatic carbocycles. The Hall–Kier alpha value is -1.03. The van der Waals surface area contributed by atoms with Crippen LogP contribution in [0.25, 0.3) is 0 Å². The van der Waals surface area contributed by atoms with Crippen LogP contribution in [0.15, 0.2) is 61.2 Å². The number of ether oxygens (including phenoxy) is 1. The molecular formula is C14H15IO. The Morgan fingerprint density at radius 3 is 2.44 bits per heavy atom. The predicted octanol–water partition coefficient (Wildman–Crippen LogP) is 4.30. The first-order chi connectivity index (χ1) is 7.80. The summed E-state index contributed by atoms with van der Waals surface area (Å²) in [6, 6.07) is 8.13. The summed E-state index contributed by atoms with van der Waals surface area (Å²) in [4.78, 5) is 0. The van der Waals surface area contributed by atoms with E-state index in [9.17, 15) is 0 Å². The maximum Gasteiger partial charge on any atom is 0.119 e. The van der Waals surface area contributed by atoms with Gasteiger partial charge in [0, 0.05) is 4.43 Å². The van der Waals surface area contributed by atoms with Gasteiger partial charge in [0.25, 0.3) is 0 Å². The molecule has 0 saturated carbocycles. The molecule has 84 valence electrons. The average Bonchev–Trinajstić information content (AvgIpc) is 2.35. The molecule has 0 fully saturated rings. The molecule has 0 aromatic heterocycles. The Kier molecular flexibility index (Phi) is 5.93. The smallest absolute Gasteiger partial charge is 0.119 e. The molecule has 0 bridgehead atoms. The standard InChI is InChI=1S/C14H15IO/c1-3-5-12(4-2)11-16-14-8-6-13(10-15)7-9-14/h3-9H,1-2,10-11H2/b12-5+. The summed E-state index contributed by atoms with van der Waals surface area (Å²) in [6.07, 6.45) is 5.41. The number of rotatable bonds is 6. The van der Waals surface area contributed by atoms with E-state index in [0.29, 0.717) is 6.61 Å². The van der Waals surface area contributed by atoms with Crippen LogP contribution in [0, 0.1) is 0 Å². The third-order valence-electron chi connectivity index (χ3n) is 2.08. The summed E-state index contributed by atoms with van der Waals surface area (Å²) in [5.41, 5.74) is 2.33. The van der Waals surface area contributed by atoms with Crippen LogP contribution in [0.2, 0.25) is 0 Å². The Labute approximate surface area is 111 Å². The van der Waals surface area contributed by atoms with Gasteiger partial charge in [-0.1, -0.05) is 66.1 Å². The van der Waals surface area contributed by atoms with Crippen molar-refractivity contribution in [3.05, 3.63) is 66.8 Å². The highest BCUT2D eigenvalue weighted by molar-refractivity contribution is 14.1. The van der Waals surface area contributed by atoms with E-state index in [1.54, 1.807) is 12.2 Å². The molecule has 1 aromatic rings. The van der Waals surface area contributed by atoms with Crippen LogP contribution < -0.4 is 4.74 Å². The Morgan fingerprint density at radius 1 is 1.25 bits per heavy atom. The summed E-state index contributed by atoms with van der Waals surface area (Å²) >= 11 is 2.34. The Bertz CT molecular complexity index is 376. The van der Waals surface area contributed by atoms with Crippen molar-refractivity contribution in [3.8, 4) is 5.75 Å². The van der Waals surface area contributed by atoms with Gasteiger partial charge in [0.2, 0.25) is 0 Å². The molecule has 1 aromatic carbocycles. The quantitative estimate of drug-likeness (QED) is 0.430. The fourth-order valence-corrected chi connectivity index (χ4v) is 1.68. The maximum absolute atomic E-state index is 5.62. The summed E-state index contributed by atoms with van der Waals surface area (Å²) in [6.45, 7) is 7.89. The number of benzene rings is 1. The van der Waals surface area contributed by atoms with Crippen molar-refractivity contribution in [2.45, 2.75) is 4.43 Å². The highest BCUT2D eigenvalue weighted by Gasteiger charge is 1.96. The van der Waals surface area contributed by atoms with E-state index in [1.165, 1.54) is 5.56 Å². The van der Waals surface area contributed by atoms with Crippen LogP contribution in [0.1, 0.15) is 5.56 Å².